The predicted molar refractivity (Wildman–Crippen MR) is 103 cm³/mol. The first-order valence-electron chi connectivity index (χ1n) is 8.80. The van der Waals surface area contributed by atoms with Crippen LogP contribution in [0, 0.1) is 0 Å². The monoisotopic (exact) mass is 337 g/mol. The van der Waals surface area contributed by atoms with E-state index in [-0.39, 0.29) is 11.1 Å². The predicted octanol–water partition coefficient (Wildman–Crippen LogP) is 4.82. The van der Waals surface area contributed by atoms with E-state index >= 15 is 0 Å². The van der Waals surface area contributed by atoms with Gasteiger partial charge in [0.05, 0.1) is 6.10 Å². The minimum atomic E-state index is -1.70. The highest BCUT2D eigenvalue weighted by atomic mass is 28.4. The van der Waals surface area contributed by atoms with Crippen molar-refractivity contribution < 1.29 is 9.53 Å². The van der Waals surface area contributed by atoms with Crippen molar-refractivity contribution in [3.05, 3.63) is 29.8 Å². The maximum Gasteiger partial charge on any atom is 0.191 e. The third kappa shape index (κ3) is 7.06. The summed E-state index contributed by atoms with van der Waals surface area (Å²) in [6.45, 7) is 14.6. The number of aliphatic hydroxyl groups excluding tert-OH is 1. The van der Waals surface area contributed by atoms with Crippen molar-refractivity contribution in [2.75, 3.05) is 18.5 Å². The summed E-state index contributed by atoms with van der Waals surface area (Å²) in [6, 6.07) is 8.48. The second-order valence-corrected chi connectivity index (χ2v) is 12.7. The van der Waals surface area contributed by atoms with Crippen LogP contribution in [-0.4, -0.2) is 32.7 Å². The van der Waals surface area contributed by atoms with Crippen molar-refractivity contribution in [2.24, 2.45) is 0 Å². The lowest BCUT2D eigenvalue weighted by molar-refractivity contribution is 0.145. The normalized spacial score (nSPS) is 13.9. The highest BCUT2D eigenvalue weighted by Crippen LogP contribution is 2.36. The Kier molecular flexibility index (Phi) is 7.78. The van der Waals surface area contributed by atoms with Gasteiger partial charge in [0, 0.05) is 18.8 Å². The molecule has 2 N–H and O–H groups in total. The number of anilines is 1. The first-order chi connectivity index (χ1) is 10.7. The van der Waals surface area contributed by atoms with E-state index in [1.165, 1.54) is 12.0 Å². The molecule has 0 aliphatic rings. The average molecular weight is 338 g/mol. The Bertz CT molecular complexity index is 451. The molecule has 1 aromatic rings. The minimum Gasteiger partial charge on any atom is -0.417 e. The molecule has 0 aliphatic carbocycles. The summed E-state index contributed by atoms with van der Waals surface area (Å²) < 4.78 is 6.11. The molecule has 0 saturated carbocycles. The number of rotatable bonds is 9. The summed E-state index contributed by atoms with van der Waals surface area (Å²) in [4.78, 5) is 0. The molecular weight excluding hydrogens is 302 g/mol. The summed E-state index contributed by atoms with van der Waals surface area (Å²) in [7, 11) is -1.70. The SMILES string of the molecule is CCCc1ccc(NCC(O)CCO[Si](C)(C)C(C)(C)C)cc1. The highest BCUT2D eigenvalue weighted by Gasteiger charge is 2.36. The molecular formula is C19H35NO2Si. The Morgan fingerprint density at radius 2 is 1.78 bits per heavy atom. The van der Waals surface area contributed by atoms with Crippen molar-refractivity contribution in [3.63, 3.8) is 0 Å². The summed E-state index contributed by atoms with van der Waals surface area (Å²) in [5, 5.41) is 13.6. The largest absolute Gasteiger partial charge is 0.417 e. The quantitative estimate of drug-likeness (QED) is 0.635. The Labute approximate surface area is 143 Å². The van der Waals surface area contributed by atoms with Gasteiger partial charge in [0.15, 0.2) is 8.32 Å². The number of hydrogen-bond acceptors (Lipinski definition) is 3. The number of aliphatic hydroxyl groups is 1. The van der Waals surface area contributed by atoms with Crippen LogP contribution in [0.15, 0.2) is 24.3 Å². The second-order valence-electron chi connectivity index (χ2n) is 7.88. The van der Waals surface area contributed by atoms with E-state index in [9.17, 15) is 5.11 Å². The number of hydrogen-bond donors (Lipinski definition) is 2. The van der Waals surface area contributed by atoms with Crippen molar-refractivity contribution in [3.8, 4) is 0 Å². The molecule has 0 saturated heterocycles. The molecule has 0 amide bonds. The fourth-order valence-electron chi connectivity index (χ4n) is 2.08. The molecule has 0 heterocycles. The lowest BCUT2D eigenvalue weighted by Crippen LogP contribution is -2.41. The van der Waals surface area contributed by atoms with Crippen LogP contribution in [0.25, 0.3) is 0 Å². The molecule has 0 radical (unpaired) electrons. The van der Waals surface area contributed by atoms with Gasteiger partial charge in [-0.3, -0.25) is 0 Å². The van der Waals surface area contributed by atoms with Crippen LogP contribution in [0.5, 0.6) is 0 Å². The molecule has 1 rings (SSSR count). The Morgan fingerprint density at radius 3 is 2.30 bits per heavy atom. The lowest BCUT2D eigenvalue weighted by Gasteiger charge is -2.36. The van der Waals surface area contributed by atoms with Gasteiger partial charge in [-0.2, -0.15) is 0 Å². The van der Waals surface area contributed by atoms with Crippen LogP contribution in [0.4, 0.5) is 5.69 Å². The molecule has 4 heteroatoms. The summed E-state index contributed by atoms with van der Waals surface area (Å²) in [6.07, 6.45) is 2.58. The van der Waals surface area contributed by atoms with Gasteiger partial charge in [0.2, 0.25) is 0 Å². The van der Waals surface area contributed by atoms with Gasteiger partial charge in [-0.15, -0.1) is 0 Å². The van der Waals surface area contributed by atoms with Gasteiger partial charge in [-0.25, -0.2) is 0 Å². The topological polar surface area (TPSA) is 41.5 Å². The van der Waals surface area contributed by atoms with Crippen LogP contribution in [0.2, 0.25) is 18.1 Å². The van der Waals surface area contributed by atoms with Crippen molar-refractivity contribution >= 4 is 14.0 Å². The van der Waals surface area contributed by atoms with Crippen LogP contribution < -0.4 is 5.32 Å². The van der Waals surface area contributed by atoms with E-state index in [0.717, 1.165) is 12.1 Å². The number of aryl methyl sites for hydroxylation is 1. The zero-order valence-electron chi connectivity index (χ0n) is 15.8. The molecule has 1 unspecified atom stereocenters. The van der Waals surface area contributed by atoms with E-state index in [1.807, 2.05) is 0 Å². The first-order valence-corrected chi connectivity index (χ1v) is 11.7. The first kappa shape index (κ1) is 20.2. The molecule has 0 aliphatic heterocycles. The Morgan fingerprint density at radius 1 is 1.17 bits per heavy atom. The van der Waals surface area contributed by atoms with Gasteiger partial charge in [0.1, 0.15) is 0 Å². The maximum absolute atomic E-state index is 10.1. The fraction of sp³-hybridized carbons (Fsp3) is 0.684. The molecule has 0 bridgehead atoms. The van der Waals surface area contributed by atoms with Gasteiger partial charge in [-0.05, 0) is 48.7 Å². The summed E-state index contributed by atoms with van der Waals surface area (Å²) in [5.41, 5.74) is 2.43. The molecule has 3 nitrogen and oxygen atoms in total. The van der Waals surface area contributed by atoms with Crippen LogP contribution in [-0.2, 0) is 10.8 Å². The van der Waals surface area contributed by atoms with Crippen molar-refractivity contribution in [1.29, 1.82) is 0 Å². The minimum absolute atomic E-state index is 0.219. The lowest BCUT2D eigenvalue weighted by atomic mass is 10.1. The van der Waals surface area contributed by atoms with E-state index in [4.69, 9.17) is 4.43 Å². The Balaban J connectivity index is 2.30. The second kappa shape index (κ2) is 8.86. The van der Waals surface area contributed by atoms with Gasteiger partial charge >= 0.3 is 0 Å². The third-order valence-corrected chi connectivity index (χ3v) is 9.29. The van der Waals surface area contributed by atoms with E-state index in [1.54, 1.807) is 0 Å². The average Bonchev–Trinajstić information content (AvgIpc) is 2.45. The fourth-order valence-corrected chi connectivity index (χ4v) is 3.14. The zero-order chi connectivity index (χ0) is 17.5. The van der Waals surface area contributed by atoms with E-state index in [2.05, 4.69) is 70.4 Å². The molecule has 1 aromatic carbocycles. The van der Waals surface area contributed by atoms with Crippen molar-refractivity contribution in [2.45, 2.75) is 71.2 Å². The Hall–Kier alpha value is -0.843. The van der Waals surface area contributed by atoms with Gasteiger partial charge < -0.3 is 14.8 Å². The van der Waals surface area contributed by atoms with Crippen LogP contribution in [0.3, 0.4) is 0 Å². The van der Waals surface area contributed by atoms with E-state index in [0.29, 0.717) is 19.6 Å². The van der Waals surface area contributed by atoms with Gasteiger partial charge in [-0.1, -0.05) is 46.2 Å². The van der Waals surface area contributed by atoms with Crippen LogP contribution in [0.1, 0.15) is 46.1 Å². The summed E-state index contributed by atoms with van der Waals surface area (Å²) >= 11 is 0. The highest BCUT2D eigenvalue weighted by molar-refractivity contribution is 6.74. The molecule has 132 valence electrons. The zero-order valence-corrected chi connectivity index (χ0v) is 16.8. The molecule has 0 fully saturated rings. The molecule has 0 aromatic heterocycles. The number of nitrogens with one attached hydrogen (secondary N) is 1. The number of benzene rings is 1. The molecule has 23 heavy (non-hydrogen) atoms. The third-order valence-electron chi connectivity index (χ3n) is 4.75. The molecule has 1 atom stereocenters. The van der Waals surface area contributed by atoms with Crippen molar-refractivity contribution in [1.82, 2.24) is 0 Å². The maximum atomic E-state index is 10.1. The smallest absolute Gasteiger partial charge is 0.191 e. The summed E-state index contributed by atoms with van der Waals surface area (Å²) in [5.74, 6) is 0. The standard InChI is InChI=1S/C19H35NO2Si/c1-7-8-16-9-11-17(12-10-16)20-15-18(21)13-14-22-23(5,6)19(2,3)4/h9-12,18,20-21H,7-8,13-15H2,1-6H3. The van der Waals surface area contributed by atoms with E-state index < -0.39 is 8.32 Å². The molecule has 0 spiro atoms. The van der Waals surface area contributed by atoms with Gasteiger partial charge in [0.25, 0.3) is 0 Å². The van der Waals surface area contributed by atoms with Crippen LogP contribution >= 0.6 is 0 Å².